The summed E-state index contributed by atoms with van der Waals surface area (Å²) in [4.78, 5) is 35.5. The zero-order chi connectivity index (χ0) is 14.2. The van der Waals surface area contributed by atoms with E-state index in [4.69, 9.17) is 10.2 Å². The minimum atomic E-state index is -1.63. The van der Waals surface area contributed by atoms with Gasteiger partial charge in [-0.05, 0) is 13.3 Å². The van der Waals surface area contributed by atoms with E-state index >= 15 is 0 Å². The largest absolute Gasteiger partial charge is 0.479 e. The summed E-state index contributed by atoms with van der Waals surface area (Å²) >= 11 is 1.56. The van der Waals surface area contributed by atoms with Gasteiger partial charge in [-0.3, -0.25) is 9.59 Å². The van der Waals surface area contributed by atoms with Crippen molar-refractivity contribution in [2.24, 2.45) is 0 Å². The van der Waals surface area contributed by atoms with Gasteiger partial charge in [0.25, 0.3) is 0 Å². The molecule has 3 unspecified atom stereocenters. The van der Waals surface area contributed by atoms with Gasteiger partial charge in [-0.25, -0.2) is 4.79 Å². The Labute approximate surface area is 114 Å². The van der Waals surface area contributed by atoms with Gasteiger partial charge in [0.15, 0.2) is 6.10 Å². The van der Waals surface area contributed by atoms with Gasteiger partial charge in [-0.1, -0.05) is 0 Å². The second kappa shape index (κ2) is 5.01. The van der Waals surface area contributed by atoms with Gasteiger partial charge in [-0.2, -0.15) is 0 Å². The Balaban J connectivity index is 1.97. The number of thioether (sulfide) groups is 1. The Bertz CT molecular complexity index is 429. The molecule has 2 aliphatic rings. The van der Waals surface area contributed by atoms with Crippen LogP contribution in [0, 0.1) is 0 Å². The number of aliphatic hydroxyl groups is 1. The lowest BCUT2D eigenvalue weighted by atomic mass is 10.2. The molecule has 0 aromatic carbocycles. The van der Waals surface area contributed by atoms with E-state index in [0.29, 0.717) is 12.2 Å². The third-order valence-electron chi connectivity index (χ3n) is 3.50. The Morgan fingerprint density at radius 2 is 2.32 bits per heavy atom. The van der Waals surface area contributed by atoms with Crippen LogP contribution in [0.15, 0.2) is 0 Å². The van der Waals surface area contributed by atoms with Crippen LogP contribution in [0.4, 0.5) is 0 Å². The van der Waals surface area contributed by atoms with Gasteiger partial charge in [0.1, 0.15) is 6.04 Å². The first-order chi connectivity index (χ1) is 8.85. The van der Waals surface area contributed by atoms with Crippen LogP contribution in [-0.4, -0.2) is 62.2 Å². The lowest BCUT2D eigenvalue weighted by molar-refractivity contribution is -0.147. The van der Waals surface area contributed by atoms with E-state index < -0.39 is 24.0 Å². The molecule has 0 saturated carbocycles. The molecule has 0 aromatic heterocycles. The smallest absolute Gasteiger partial charge is 0.334 e. The first-order valence-corrected chi connectivity index (χ1v) is 6.98. The van der Waals surface area contributed by atoms with E-state index in [1.165, 1.54) is 0 Å². The predicted molar refractivity (Wildman–Crippen MR) is 67.4 cm³/mol. The van der Waals surface area contributed by atoms with Crippen molar-refractivity contribution in [3.8, 4) is 0 Å². The zero-order valence-corrected chi connectivity index (χ0v) is 11.3. The number of hydrogen-bond donors (Lipinski definition) is 3. The van der Waals surface area contributed by atoms with E-state index in [1.54, 1.807) is 16.7 Å². The molecule has 0 radical (unpaired) electrons. The monoisotopic (exact) mass is 288 g/mol. The van der Waals surface area contributed by atoms with Crippen molar-refractivity contribution in [2.45, 2.75) is 36.8 Å². The molecule has 0 aromatic rings. The molecular weight excluding hydrogens is 272 g/mol. The van der Waals surface area contributed by atoms with Crippen LogP contribution in [0.3, 0.4) is 0 Å². The molecule has 0 spiro atoms. The normalized spacial score (nSPS) is 31.2. The highest BCUT2D eigenvalue weighted by Crippen LogP contribution is 2.47. The van der Waals surface area contributed by atoms with Crippen molar-refractivity contribution < 1.29 is 24.6 Å². The first-order valence-electron chi connectivity index (χ1n) is 6.00. The number of carbonyl (C=O) groups excluding carboxylic acids is 2. The SMILES string of the molecule is CC12CCC(=O)N1C(C(=O)NCC(O)C(=O)O)CS2. The number of nitrogens with zero attached hydrogens (tertiary/aromatic N) is 1. The molecule has 7 nitrogen and oxygen atoms in total. The van der Waals surface area contributed by atoms with Gasteiger partial charge < -0.3 is 20.4 Å². The molecule has 2 saturated heterocycles. The summed E-state index contributed by atoms with van der Waals surface area (Å²) in [5.74, 6) is -1.35. The summed E-state index contributed by atoms with van der Waals surface area (Å²) in [6.45, 7) is 1.58. The number of nitrogens with one attached hydrogen (secondary N) is 1. The number of aliphatic carboxylic acids is 1. The van der Waals surface area contributed by atoms with Crippen LogP contribution < -0.4 is 5.32 Å². The van der Waals surface area contributed by atoms with Crippen molar-refractivity contribution in [3.05, 3.63) is 0 Å². The summed E-state index contributed by atoms with van der Waals surface area (Å²) in [6.07, 6.45) is -0.470. The molecule has 0 aliphatic carbocycles. The van der Waals surface area contributed by atoms with Crippen LogP contribution in [0.2, 0.25) is 0 Å². The summed E-state index contributed by atoms with van der Waals surface area (Å²) in [7, 11) is 0. The quantitative estimate of drug-likeness (QED) is 0.613. The number of carboxylic acid groups (broad SMARTS) is 1. The molecule has 19 heavy (non-hydrogen) atoms. The average molecular weight is 288 g/mol. The lowest BCUT2D eigenvalue weighted by Crippen LogP contribution is -2.51. The maximum absolute atomic E-state index is 12.0. The van der Waals surface area contributed by atoms with Crippen molar-refractivity contribution in [1.82, 2.24) is 10.2 Å². The van der Waals surface area contributed by atoms with Crippen LogP contribution in [-0.2, 0) is 14.4 Å². The number of carbonyl (C=O) groups is 3. The van der Waals surface area contributed by atoms with Crippen molar-refractivity contribution in [3.63, 3.8) is 0 Å². The zero-order valence-electron chi connectivity index (χ0n) is 10.5. The maximum atomic E-state index is 12.0. The highest BCUT2D eigenvalue weighted by atomic mass is 32.2. The highest BCUT2D eigenvalue weighted by Gasteiger charge is 2.52. The fraction of sp³-hybridized carbons (Fsp3) is 0.727. The lowest BCUT2D eigenvalue weighted by Gasteiger charge is -2.29. The molecular formula is C11H16N2O5S. The van der Waals surface area contributed by atoms with Gasteiger partial charge >= 0.3 is 5.97 Å². The van der Waals surface area contributed by atoms with Crippen LogP contribution in [0.25, 0.3) is 0 Å². The van der Waals surface area contributed by atoms with Crippen LogP contribution in [0.1, 0.15) is 19.8 Å². The van der Waals surface area contributed by atoms with E-state index in [9.17, 15) is 14.4 Å². The Kier molecular flexibility index (Phi) is 3.73. The molecule has 0 bridgehead atoms. The summed E-state index contributed by atoms with van der Waals surface area (Å²) < 4.78 is 0. The molecule has 106 valence electrons. The van der Waals surface area contributed by atoms with Gasteiger partial charge in [0.05, 0.1) is 11.4 Å². The third-order valence-corrected chi connectivity index (χ3v) is 5.01. The van der Waals surface area contributed by atoms with E-state index in [-0.39, 0.29) is 17.3 Å². The molecule has 2 rings (SSSR count). The third kappa shape index (κ3) is 2.55. The van der Waals surface area contributed by atoms with Crippen molar-refractivity contribution >= 4 is 29.5 Å². The fourth-order valence-electron chi connectivity index (χ4n) is 2.42. The van der Waals surface area contributed by atoms with E-state index in [2.05, 4.69) is 5.32 Å². The van der Waals surface area contributed by atoms with Crippen molar-refractivity contribution in [1.29, 1.82) is 0 Å². The Morgan fingerprint density at radius 1 is 1.63 bits per heavy atom. The molecule has 2 fully saturated rings. The molecule has 2 aliphatic heterocycles. The van der Waals surface area contributed by atoms with E-state index in [1.807, 2.05) is 6.92 Å². The van der Waals surface area contributed by atoms with Gasteiger partial charge in [-0.15, -0.1) is 11.8 Å². The minimum absolute atomic E-state index is 0.0496. The summed E-state index contributed by atoms with van der Waals surface area (Å²) in [5.41, 5.74) is 0. The standard InChI is InChI=1S/C11H16N2O5S/c1-11-3-2-8(15)13(11)6(5-19-11)9(16)12-4-7(14)10(17)18/h6-7,14H,2-5H2,1H3,(H,12,16)(H,17,18). The maximum Gasteiger partial charge on any atom is 0.334 e. The van der Waals surface area contributed by atoms with Gasteiger partial charge in [0.2, 0.25) is 11.8 Å². The predicted octanol–water partition coefficient (Wildman–Crippen LogP) is -0.998. The second-order valence-corrected chi connectivity index (χ2v) is 6.37. The average Bonchev–Trinajstić information content (AvgIpc) is 2.83. The van der Waals surface area contributed by atoms with Crippen LogP contribution in [0.5, 0.6) is 0 Å². The van der Waals surface area contributed by atoms with Crippen molar-refractivity contribution in [2.75, 3.05) is 12.3 Å². The number of carboxylic acids is 1. The molecule has 2 amide bonds. The highest BCUT2D eigenvalue weighted by molar-refractivity contribution is 8.01. The Morgan fingerprint density at radius 3 is 2.95 bits per heavy atom. The molecule has 3 atom stereocenters. The van der Waals surface area contributed by atoms with Crippen LogP contribution >= 0.6 is 11.8 Å². The number of hydrogen-bond acceptors (Lipinski definition) is 5. The number of amides is 2. The number of fused-ring (bicyclic) bond motifs is 1. The Hall–Kier alpha value is -1.28. The van der Waals surface area contributed by atoms with Gasteiger partial charge in [0, 0.05) is 12.2 Å². The second-order valence-electron chi connectivity index (χ2n) is 4.86. The summed E-state index contributed by atoms with van der Waals surface area (Å²) in [6, 6.07) is -0.578. The molecule has 8 heteroatoms. The topological polar surface area (TPSA) is 107 Å². The molecule has 2 heterocycles. The number of rotatable bonds is 4. The fourth-order valence-corrected chi connectivity index (χ4v) is 3.85. The van der Waals surface area contributed by atoms with E-state index in [0.717, 1.165) is 6.42 Å². The minimum Gasteiger partial charge on any atom is -0.479 e. The summed E-state index contributed by atoms with van der Waals surface area (Å²) in [5, 5.41) is 20.0. The molecule has 3 N–H and O–H groups in total. The first kappa shape index (κ1) is 14.1. The number of aliphatic hydroxyl groups excluding tert-OH is 1.